The average molecular weight is 219 g/mol. The summed E-state index contributed by atoms with van der Waals surface area (Å²) in [5, 5.41) is 4.09. The van der Waals surface area contributed by atoms with Gasteiger partial charge >= 0.3 is 0 Å². The highest BCUT2D eigenvalue weighted by Crippen LogP contribution is 2.46. The molecule has 0 amide bonds. The summed E-state index contributed by atoms with van der Waals surface area (Å²) in [5.41, 5.74) is 0.274. The van der Waals surface area contributed by atoms with Gasteiger partial charge in [-0.05, 0) is 19.1 Å². The summed E-state index contributed by atoms with van der Waals surface area (Å²) in [4.78, 5) is 3.90. The Bertz CT molecular complexity index is 496. The zero-order valence-corrected chi connectivity index (χ0v) is 8.67. The second-order valence-corrected chi connectivity index (χ2v) is 3.80. The first-order valence-corrected chi connectivity index (χ1v) is 5.02. The van der Waals surface area contributed by atoms with Crippen LogP contribution in [0.25, 0.3) is 0 Å². The van der Waals surface area contributed by atoms with E-state index in [0.717, 1.165) is 5.56 Å². The van der Waals surface area contributed by atoms with Crippen LogP contribution in [0.4, 0.5) is 4.39 Å². The van der Waals surface area contributed by atoms with Gasteiger partial charge in [0.05, 0.1) is 0 Å². The molecule has 0 saturated carbocycles. The number of benzene rings is 1. The average Bonchev–Trinajstić information content (AvgIpc) is 2.77. The number of aromatic nitrogens is 3. The summed E-state index contributed by atoms with van der Waals surface area (Å²) in [6.45, 7) is 1.95. The Labute approximate surface area is 91.7 Å². The lowest BCUT2D eigenvalue weighted by Gasteiger charge is -2.12. The van der Waals surface area contributed by atoms with Crippen LogP contribution in [0.5, 0.6) is 0 Å². The lowest BCUT2D eigenvalue weighted by atomic mass is 10.0. The fourth-order valence-corrected chi connectivity index (χ4v) is 1.98. The van der Waals surface area contributed by atoms with Gasteiger partial charge in [-0.1, -0.05) is 12.1 Å². The van der Waals surface area contributed by atoms with E-state index in [0.29, 0.717) is 0 Å². The van der Waals surface area contributed by atoms with Gasteiger partial charge in [-0.25, -0.2) is 14.1 Å². The Balaban J connectivity index is 2.07. The van der Waals surface area contributed by atoms with Crippen LogP contribution >= 0.6 is 0 Å². The van der Waals surface area contributed by atoms with Gasteiger partial charge in [0, 0.05) is 5.56 Å². The molecule has 1 fully saturated rings. The molecule has 1 saturated heterocycles. The predicted molar refractivity (Wildman–Crippen MR) is 54.0 cm³/mol. The van der Waals surface area contributed by atoms with E-state index in [2.05, 4.69) is 10.1 Å². The molecule has 3 rings (SSSR count). The fourth-order valence-electron chi connectivity index (χ4n) is 1.98. The predicted octanol–water partition coefficient (Wildman–Crippen LogP) is 1.54. The van der Waals surface area contributed by atoms with Crippen LogP contribution in [-0.4, -0.2) is 20.9 Å². The molecule has 2 unspecified atom stereocenters. The van der Waals surface area contributed by atoms with Crippen molar-refractivity contribution >= 4 is 0 Å². The van der Waals surface area contributed by atoms with E-state index in [1.54, 1.807) is 23.1 Å². The Kier molecular flexibility index (Phi) is 1.85. The quantitative estimate of drug-likeness (QED) is 0.719. The number of epoxide rings is 1. The molecule has 0 radical (unpaired) electrons. The maximum Gasteiger partial charge on any atom is 0.215 e. The second-order valence-electron chi connectivity index (χ2n) is 3.80. The summed E-state index contributed by atoms with van der Waals surface area (Å²) in [5.74, 6) is -0.259. The van der Waals surface area contributed by atoms with Crippen LogP contribution in [-0.2, 0) is 10.5 Å². The van der Waals surface area contributed by atoms with Gasteiger partial charge in [0.25, 0.3) is 0 Å². The largest absolute Gasteiger partial charge is 0.339 e. The molecule has 0 aliphatic carbocycles. The molecular formula is C11H10FN3O. The first kappa shape index (κ1) is 9.47. The molecule has 2 aromatic rings. The Morgan fingerprint density at radius 1 is 1.38 bits per heavy atom. The molecule has 1 aromatic carbocycles. The van der Waals surface area contributed by atoms with Crippen LogP contribution in [0.2, 0.25) is 0 Å². The highest BCUT2D eigenvalue weighted by molar-refractivity contribution is 5.29. The van der Waals surface area contributed by atoms with Gasteiger partial charge in [-0.15, -0.1) is 0 Å². The van der Waals surface area contributed by atoms with Gasteiger partial charge < -0.3 is 4.74 Å². The van der Waals surface area contributed by atoms with E-state index in [1.807, 2.05) is 6.92 Å². The van der Waals surface area contributed by atoms with Crippen molar-refractivity contribution in [2.75, 3.05) is 0 Å². The molecule has 0 N–H and O–H groups in total. The third-order valence-electron chi connectivity index (χ3n) is 2.87. The maximum atomic E-state index is 12.9. The summed E-state index contributed by atoms with van der Waals surface area (Å²) in [6, 6.07) is 6.26. The first-order valence-electron chi connectivity index (χ1n) is 5.02. The zero-order valence-electron chi connectivity index (χ0n) is 8.67. The summed E-state index contributed by atoms with van der Waals surface area (Å²) < 4.78 is 20.1. The van der Waals surface area contributed by atoms with Crippen LogP contribution in [0.15, 0.2) is 36.9 Å². The van der Waals surface area contributed by atoms with Gasteiger partial charge in [-0.3, -0.25) is 0 Å². The van der Waals surface area contributed by atoms with Crippen molar-refractivity contribution in [2.24, 2.45) is 0 Å². The summed E-state index contributed by atoms with van der Waals surface area (Å²) in [6.07, 6.45) is 3.08. The molecule has 0 spiro atoms. The number of ether oxygens (including phenoxy) is 1. The molecule has 1 aliphatic rings. The molecule has 0 bridgehead atoms. The van der Waals surface area contributed by atoms with E-state index in [1.165, 1.54) is 18.5 Å². The van der Waals surface area contributed by atoms with Gasteiger partial charge in [0.1, 0.15) is 24.6 Å². The summed E-state index contributed by atoms with van der Waals surface area (Å²) >= 11 is 0. The van der Waals surface area contributed by atoms with Gasteiger partial charge in [-0.2, -0.15) is 5.10 Å². The van der Waals surface area contributed by atoms with E-state index >= 15 is 0 Å². The SMILES string of the molecule is CC1OC1(c1ccc(F)cc1)n1cncn1. The third-order valence-corrected chi connectivity index (χ3v) is 2.87. The van der Waals surface area contributed by atoms with E-state index < -0.39 is 5.72 Å². The van der Waals surface area contributed by atoms with Crippen LogP contribution in [0.1, 0.15) is 12.5 Å². The Hall–Kier alpha value is -1.75. The minimum absolute atomic E-state index is 0.0136. The number of hydrogen-bond acceptors (Lipinski definition) is 3. The number of hydrogen-bond donors (Lipinski definition) is 0. The summed E-state index contributed by atoms with van der Waals surface area (Å²) in [7, 11) is 0. The zero-order chi connectivity index (χ0) is 11.2. The standard InChI is InChI=1S/C11H10FN3O/c1-8-11(16-8,15-7-13-6-14-15)9-2-4-10(12)5-3-9/h2-8H,1H3. The molecular weight excluding hydrogens is 209 g/mol. The lowest BCUT2D eigenvalue weighted by molar-refractivity contribution is 0.246. The highest BCUT2D eigenvalue weighted by atomic mass is 19.1. The highest BCUT2D eigenvalue weighted by Gasteiger charge is 2.57. The Morgan fingerprint density at radius 3 is 2.56 bits per heavy atom. The van der Waals surface area contributed by atoms with E-state index in [-0.39, 0.29) is 11.9 Å². The van der Waals surface area contributed by atoms with Crippen molar-refractivity contribution < 1.29 is 9.13 Å². The van der Waals surface area contributed by atoms with E-state index in [4.69, 9.17) is 4.74 Å². The molecule has 82 valence electrons. The lowest BCUT2D eigenvalue weighted by Crippen LogP contribution is -2.23. The van der Waals surface area contributed by atoms with Crippen LogP contribution in [0, 0.1) is 5.82 Å². The molecule has 5 heteroatoms. The van der Waals surface area contributed by atoms with Crippen LogP contribution < -0.4 is 0 Å². The maximum absolute atomic E-state index is 12.9. The molecule has 2 heterocycles. The molecule has 16 heavy (non-hydrogen) atoms. The number of nitrogens with zero attached hydrogens (tertiary/aromatic N) is 3. The fraction of sp³-hybridized carbons (Fsp3) is 0.273. The third kappa shape index (κ3) is 1.18. The Morgan fingerprint density at radius 2 is 2.06 bits per heavy atom. The van der Waals surface area contributed by atoms with Crippen molar-refractivity contribution in [1.82, 2.24) is 14.8 Å². The van der Waals surface area contributed by atoms with Gasteiger partial charge in [0.15, 0.2) is 0 Å². The van der Waals surface area contributed by atoms with E-state index in [9.17, 15) is 4.39 Å². The minimum atomic E-state index is -0.607. The van der Waals surface area contributed by atoms with Crippen molar-refractivity contribution in [3.8, 4) is 0 Å². The molecule has 2 atom stereocenters. The van der Waals surface area contributed by atoms with Crippen molar-refractivity contribution in [1.29, 1.82) is 0 Å². The minimum Gasteiger partial charge on any atom is -0.339 e. The van der Waals surface area contributed by atoms with Crippen LogP contribution in [0.3, 0.4) is 0 Å². The number of rotatable bonds is 2. The monoisotopic (exact) mass is 219 g/mol. The molecule has 1 aliphatic heterocycles. The molecule has 4 nitrogen and oxygen atoms in total. The first-order chi connectivity index (χ1) is 7.73. The van der Waals surface area contributed by atoms with Gasteiger partial charge in [0.2, 0.25) is 5.72 Å². The topological polar surface area (TPSA) is 43.2 Å². The number of halogens is 1. The normalized spacial score (nSPS) is 28.0. The smallest absolute Gasteiger partial charge is 0.215 e. The van der Waals surface area contributed by atoms with Crippen molar-refractivity contribution in [3.63, 3.8) is 0 Å². The van der Waals surface area contributed by atoms with Crippen molar-refractivity contribution in [3.05, 3.63) is 48.3 Å². The molecule has 1 aromatic heterocycles. The van der Waals surface area contributed by atoms with Crippen molar-refractivity contribution in [2.45, 2.75) is 18.8 Å². The second kappa shape index (κ2) is 3.12.